The number of anilines is 1. The van der Waals surface area contributed by atoms with Gasteiger partial charge in [0.1, 0.15) is 16.2 Å². The number of nitrogens with zero attached hydrogens (tertiary/aromatic N) is 4. The highest BCUT2D eigenvalue weighted by Gasteiger charge is 2.16. The molecule has 2 N–H and O–H groups in total. The van der Waals surface area contributed by atoms with Crippen LogP contribution in [0.4, 0.5) is 5.69 Å². The molecule has 4 aromatic heterocycles. The van der Waals surface area contributed by atoms with Gasteiger partial charge >= 0.3 is 0 Å². The Hall–Kier alpha value is -3.59. The van der Waals surface area contributed by atoms with Crippen LogP contribution >= 0.6 is 11.5 Å². The van der Waals surface area contributed by atoms with Gasteiger partial charge in [-0.05, 0) is 48.3 Å². The van der Waals surface area contributed by atoms with Gasteiger partial charge in [-0.1, -0.05) is 0 Å². The van der Waals surface area contributed by atoms with Crippen molar-refractivity contribution in [2.75, 3.05) is 5.32 Å². The Morgan fingerprint density at radius 3 is 3.04 bits per heavy atom. The minimum absolute atomic E-state index is 0.271. The SMILES string of the molecule is Cc1cc2cnsc2nc1C(=O)Nc1ccc2[nH]nc(-c3cnco3)c2c1. The lowest BCUT2D eigenvalue weighted by molar-refractivity contribution is 0.102. The van der Waals surface area contributed by atoms with E-state index in [-0.39, 0.29) is 5.91 Å². The van der Waals surface area contributed by atoms with E-state index in [0.717, 1.165) is 26.7 Å². The lowest BCUT2D eigenvalue weighted by Crippen LogP contribution is -2.15. The van der Waals surface area contributed by atoms with Crippen LogP contribution in [-0.4, -0.2) is 30.4 Å². The van der Waals surface area contributed by atoms with Crippen LogP contribution in [0.2, 0.25) is 0 Å². The van der Waals surface area contributed by atoms with Gasteiger partial charge in [-0.2, -0.15) is 9.47 Å². The van der Waals surface area contributed by atoms with Crippen LogP contribution < -0.4 is 5.32 Å². The summed E-state index contributed by atoms with van der Waals surface area (Å²) < 4.78 is 9.44. The van der Waals surface area contributed by atoms with Crippen molar-refractivity contribution in [3.63, 3.8) is 0 Å². The first-order valence-corrected chi connectivity index (χ1v) is 8.87. The van der Waals surface area contributed by atoms with E-state index in [1.807, 2.05) is 31.2 Å². The van der Waals surface area contributed by atoms with Gasteiger partial charge in [0, 0.05) is 16.5 Å². The van der Waals surface area contributed by atoms with Crippen molar-refractivity contribution in [3.8, 4) is 11.5 Å². The molecule has 0 atom stereocenters. The van der Waals surface area contributed by atoms with Crippen LogP contribution in [-0.2, 0) is 0 Å². The summed E-state index contributed by atoms with van der Waals surface area (Å²) in [7, 11) is 0. The van der Waals surface area contributed by atoms with Crippen molar-refractivity contribution in [2.24, 2.45) is 0 Å². The number of amides is 1. The molecule has 5 aromatic rings. The Morgan fingerprint density at radius 1 is 1.26 bits per heavy atom. The zero-order valence-corrected chi connectivity index (χ0v) is 14.9. The van der Waals surface area contributed by atoms with E-state index in [9.17, 15) is 4.79 Å². The molecule has 0 radical (unpaired) electrons. The Labute approximate surface area is 156 Å². The third-order valence-electron chi connectivity index (χ3n) is 4.24. The molecule has 0 aliphatic heterocycles. The number of carbonyl (C=O) groups is 1. The number of hydrogen-bond donors (Lipinski definition) is 2. The van der Waals surface area contributed by atoms with Crippen molar-refractivity contribution >= 4 is 44.2 Å². The number of rotatable bonds is 3. The van der Waals surface area contributed by atoms with Crippen LogP contribution in [0.5, 0.6) is 0 Å². The molecule has 0 unspecified atom stereocenters. The number of carbonyl (C=O) groups excluding carboxylic acids is 1. The van der Waals surface area contributed by atoms with E-state index in [0.29, 0.717) is 22.8 Å². The molecule has 5 rings (SSSR count). The van der Waals surface area contributed by atoms with E-state index >= 15 is 0 Å². The molecule has 0 fully saturated rings. The van der Waals surface area contributed by atoms with E-state index in [1.165, 1.54) is 17.9 Å². The highest BCUT2D eigenvalue weighted by atomic mass is 32.1. The van der Waals surface area contributed by atoms with Crippen molar-refractivity contribution < 1.29 is 9.21 Å². The molecule has 132 valence electrons. The molecule has 0 aliphatic rings. The fraction of sp³-hybridized carbons (Fsp3) is 0.0556. The molecule has 0 aliphatic carbocycles. The third kappa shape index (κ3) is 2.64. The maximum absolute atomic E-state index is 12.7. The normalized spacial score (nSPS) is 11.3. The van der Waals surface area contributed by atoms with Gasteiger partial charge in [0.25, 0.3) is 5.91 Å². The van der Waals surface area contributed by atoms with Gasteiger partial charge in [-0.15, -0.1) is 0 Å². The molecular weight excluding hydrogens is 364 g/mol. The molecular formula is C18H12N6O2S. The number of nitrogens with one attached hydrogen (secondary N) is 2. The van der Waals surface area contributed by atoms with Crippen LogP contribution in [0.15, 0.2) is 47.5 Å². The number of aromatic amines is 1. The number of H-pyrrole nitrogens is 1. The zero-order valence-electron chi connectivity index (χ0n) is 14.1. The molecule has 0 spiro atoms. The Balaban J connectivity index is 1.51. The van der Waals surface area contributed by atoms with Crippen LogP contribution in [0, 0.1) is 6.92 Å². The fourth-order valence-corrected chi connectivity index (χ4v) is 3.56. The van der Waals surface area contributed by atoms with Gasteiger partial charge in [-0.25, -0.2) is 9.97 Å². The summed E-state index contributed by atoms with van der Waals surface area (Å²) in [4.78, 5) is 21.9. The first-order chi connectivity index (χ1) is 13.2. The van der Waals surface area contributed by atoms with E-state index in [2.05, 4.69) is 29.9 Å². The second-order valence-corrected chi connectivity index (χ2v) is 6.81. The molecule has 4 heterocycles. The number of aromatic nitrogens is 5. The summed E-state index contributed by atoms with van der Waals surface area (Å²) in [5, 5.41) is 11.9. The van der Waals surface area contributed by atoms with Gasteiger partial charge in [0.2, 0.25) is 0 Å². The van der Waals surface area contributed by atoms with Crippen molar-refractivity contribution in [2.45, 2.75) is 6.92 Å². The molecule has 9 heteroatoms. The predicted octanol–water partition coefficient (Wildman–Crippen LogP) is 3.78. The third-order valence-corrected chi connectivity index (χ3v) is 4.95. The van der Waals surface area contributed by atoms with E-state index < -0.39 is 0 Å². The van der Waals surface area contributed by atoms with Crippen LogP contribution in [0.1, 0.15) is 16.1 Å². The molecule has 0 saturated heterocycles. The minimum atomic E-state index is -0.271. The summed E-state index contributed by atoms with van der Waals surface area (Å²) in [6, 6.07) is 7.42. The monoisotopic (exact) mass is 376 g/mol. The average molecular weight is 376 g/mol. The number of fused-ring (bicyclic) bond motifs is 2. The van der Waals surface area contributed by atoms with E-state index in [4.69, 9.17) is 4.42 Å². The molecule has 0 bridgehead atoms. The Bertz CT molecular complexity index is 1290. The second kappa shape index (κ2) is 5.99. The van der Waals surface area contributed by atoms with Gasteiger partial charge < -0.3 is 9.73 Å². The van der Waals surface area contributed by atoms with Crippen molar-refractivity contribution in [3.05, 3.63) is 54.3 Å². The summed E-state index contributed by atoms with van der Waals surface area (Å²) in [5.74, 6) is 0.282. The predicted molar refractivity (Wildman–Crippen MR) is 102 cm³/mol. The van der Waals surface area contributed by atoms with Crippen molar-refractivity contribution in [1.29, 1.82) is 0 Å². The van der Waals surface area contributed by atoms with Gasteiger partial charge in [0.15, 0.2) is 12.2 Å². The van der Waals surface area contributed by atoms with Crippen molar-refractivity contribution in [1.82, 2.24) is 24.5 Å². The summed E-state index contributed by atoms with van der Waals surface area (Å²) >= 11 is 1.27. The first-order valence-electron chi connectivity index (χ1n) is 8.09. The topological polar surface area (TPSA) is 110 Å². The fourth-order valence-electron chi connectivity index (χ4n) is 2.95. The average Bonchev–Trinajstić information content (AvgIpc) is 3.40. The standard InChI is InChI=1S/C18H12N6O2S/c1-9-4-10-6-20-27-18(10)22-15(9)17(25)21-11-2-3-13-12(5-11)16(24-23-13)14-7-19-8-26-14/h2-8H,1H3,(H,21,25)(H,23,24). The number of hydrogen-bond acceptors (Lipinski definition) is 7. The maximum atomic E-state index is 12.7. The van der Waals surface area contributed by atoms with Gasteiger partial charge in [0.05, 0.1) is 17.9 Å². The first kappa shape index (κ1) is 15.6. The molecule has 1 aromatic carbocycles. The lowest BCUT2D eigenvalue weighted by atomic mass is 10.1. The lowest BCUT2D eigenvalue weighted by Gasteiger charge is -2.07. The highest BCUT2D eigenvalue weighted by Crippen LogP contribution is 2.28. The Morgan fingerprint density at radius 2 is 2.19 bits per heavy atom. The molecule has 1 amide bonds. The van der Waals surface area contributed by atoms with Crippen LogP contribution in [0.3, 0.4) is 0 Å². The highest BCUT2D eigenvalue weighted by molar-refractivity contribution is 7.12. The summed E-state index contributed by atoms with van der Waals surface area (Å²) in [5.41, 5.74) is 3.29. The Kier molecular flexibility index (Phi) is 3.47. The number of benzene rings is 1. The quantitative estimate of drug-likeness (QED) is 0.496. The minimum Gasteiger partial charge on any atom is -0.442 e. The number of oxazole rings is 1. The van der Waals surface area contributed by atoms with Gasteiger partial charge in [-0.3, -0.25) is 9.89 Å². The summed E-state index contributed by atoms with van der Waals surface area (Å²) in [6.45, 7) is 1.86. The zero-order chi connectivity index (χ0) is 18.4. The maximum Gasteiger partial charge on any atom is 0.274 e. The van der Waals surface area contributed by atoms with Crippen LogP contribution in [0.25, 0.3) is 32.6 Å². The molecule has 0 saturated carbocycles. The second-order valence-electron chi connectivity index (χ2n) is 6.03. The summed E-state index contributed by atoms with van der Waals surface area (Å²) in [6.07, 6.45) is 4.70. The number of aryl methyl sites for hydroxylation is 1. The van der Waals surface area contributed by atoms with E-state index in [1.54, 1.807) is 12.4 Å². The smallest absolute Gasteiger partial charge is 0.274 e. The molecule has 27 heavy (non-hydrogen) atoms. The largest absolute Gasteiger partial charge is 0.442 e. The molecule has 8 nitrogen and oxygen atoms in total. The number of pyridine rings is 1.